The Morgan fingerprint density at radius 1 is 1.15 bits per heavy atom. The quantitative estimate of drug-likeness (QED) is 0.566. The molecule has 3 aromatic heterocycles. The van der Waals surface area contributed by atoms with E-state index in [1.54, 1.807) is 5.51 Å². The van der Waals surface area contributed by atoms with Gasteiger partial charge in [-0.1, -0.05) is 17.4 Å². The van der Waals surface area contributed by atoms with Crippen LogP contribution < -0.4 is 5.73 Å². The highest BCUT2D eigenvalue weighted by molar-refractivity contribution is 7.12. The van der Waals surface area contributed by atoms with Crippen LogP contribution >= 0.6 is 11.3 Å². The van der Waals surface area contributed by atoms with Crippen molar-refractivity contribution in [2.24, 2.45) is 0 Å². The number of nitrogens with one attached hydrogen (secondary N) is 1. The average Bonchev–Trinajstić information content (AvgIpc) is 3.41. The predicted octanol–water partition coefficient (Wildman–Crippen LogP) is 3.92. The van der Waals surface area contributed by atoms with Gasteiger partial charge < -0.3 is 15.5 Å². The second-order valence-corrected chi connectivity index (χ2v) is 7.28. The van der Waals surface area contributed by atoms with Crippen molar-refractivity contribution in [3.8, 4) is 33.0 Å². The standard InChI is InChI=1S/C20H17N5OS/c21-19-16(20-25-24-11-27-20)8-14(9-23-19)13-6-12-3-5-26-10-17(12)15(7-13)18-2-1-4-22-18/h1-2,4,6-9,11,22H,3,5,10H2,(H2,21,23). The molecule has 134 valence electrons. The van der Waals surface area contributed by atoms with E-state index in [0.717, 1.165) is 40.4 Å². The molecule has 4 heterocycles. The predicted molar refractivity (Wildman–Crippen MR) is 106 cm³/mol. The van der Waals surface area contributed by atoms with Gasteiger partial charge in [-0.15, -0.1) is 10.2 Å². The summed E-state index contributed by atoms with van der Waals surface area (Å²) < 4.78 is 5.71. The maximum atomic E-state index is 6.08. The SMILES string of the molecule is Nc1ncc(-c2cc3c(c(-c4ccc[nH]4)c2)COCC3)cc1-c1nncs1. The van der Waals surface area contributed by atoms with Crippen molar-refractivity contribution in [3.05, 3.63) is 59.4 Å². The summed E-state index contributed by atoms with van der Waals surface area (Å²) in [5.74, 6) is 0.464. The van der Waals surface area contributed by atoms with Crippen LogP contribution in [0.1, 0.15) is 11.1 Å². The molecule has 4 aromatic rings. The van der Waals surface area contributed by atoms with Crippen molar-refractivity contribution in [2.45, 2.75) is 13.0 Å². The molecule has 0 atom stereocenters. The van der Waals surface area contributed by atoms with E-state index in [4.69, 9.17) is 10.5 Å². The minimum Gasteiger partial charge on any atom is -0.383 e. The Balaban J connectivity index is 1.68. The Bertz CT molecular complexity index is 1090. The van der Waals surface area contributed by atoms with Gasteiger partial charge in [0.2, 0.25) is 0 Å². The van der Waals surface area contributed by atoms with E-state index in [0.29, 0.717) is 12.4 Å². The van der Waals surface area contributed by atoms with Gasteiger partial charge in [0.15, 0.2) is 5.01 Å². The first-order chi connectivity index (χ1) is 13.3. The van der Waals surface area contributed by atoms with Gasteiger partial charge in [0.1, 0.15) is 11.3 Å². The van der Waals surface area contributed by atoms with Crippen LogP contribution in [0.2, 0.25) is 0 Å². The molecule has 0 aliphatic carbocycles. The Morgan fingerprint density at radius 3 is 2.89 bits per heavy atom. The molecule has 0 bridgehead atoms. The third kappa shape index (κ3) is 2.90. The largest absolute Gasteiger partial charge is 0.383 e. The lowest BCUT2D eigenvalue weighted by Crippen LogP contribution is -2.11. The number of anilines is 1. The number of fused-ring (bicyclic) bond motifs is 1. The molecule has 27 heavy (non-hydrogen) atoms. The molecule has 0 spiro atoms. The molecule has 0 radical (unpaired) electrons. The lowest BCUT2D eigenvalue weighted by molar-refractivity contribution is 0.111. The second-order valence-electron chi connectivity index (χ2n) is 6.45. The smallest absolute Gasteiger partial charge is 0.151 e. The fourth-order valence-corrected chi connectivity index (χ4v) is 4.06. The summed E-state index contributed by atoms with van der Waals surface area (Å²) in [6.45, 7) is 1.39. The number of pyridine rings is 1. The zero-order valence-corrected chi connectivity index (χ0v) is 15.3. The van der Waals surface area contributed by atoms with Crippen molar-refractivity contribution in [1.29, 1.82) is 0 Å². The van der Waals surface area contributed by atoms with Gasteiger partial charge in [0.25, 0.3) is 0 Å². The molecule has 3 N–H and O–H groups in total. The summed E-state index contributed by atoms with van der Waals surface area (Å²) in [6.07, 6.45) is 4.67. The van der Waals surface area contributed by atoms with Crippen molar-refractivity contribution in [2.75, 3.05) is 12.3 Å². The maximum Gasteiger partial charge on any atom is 0.151 e. The molecule has 1 aliphatic rings. The summed E-state index contributed by atoms with van der Waals surface area (Å²) in [5.41, 5.74) is 15.5. The second kappa shape index (κ2) is 6.61. The highest BCUT2D eigenvalue weighted by Crippen LogP contribution is 2.36. The molecule has 0 fully saturated rings. The molecule has 1 aromatic carbocycles. The topological polar surface area (TPSA) is 89.7 Å². The number of H-pyrrole nitrogens is 1. The monoisotopic (exact) mass is 375 g/mol. The third-order valence-electron chi connectivity index (χ3n) is 4.83. The molecule has 1 aliphatic heterocycles. The lowest BCUT2D eigenvalue weighted by Gasteiger charge is -2.21. The van der Waals surface area contributed by atoms with Gasteiger partial charge >= 0.3 is 0 Å². The van der Waals surface area contributed by atoms with E-state index in [9.17, 15) is 0 Å². The van der Waals surface area contributed by atoms with Crippen LogP contribution in [0.3, 0.4) is 0 Å². The minimum absolute atomic E-state index is 0.464. The van der Waals surface area contributed by atoms with E-state index in [-0.39, 0.29) is 0 Å². The number of nitrogens with two attached hydrogens (primary N) is 1. The summed E-state index contributed by atoms with van der Waals surface area (Å²) in [7, 11) is 0. The Hall–Kier alpha value is -3.03. The van der Waals surface area contributed by atoms with Crippen LogP contribution in [-0.4, -0.2) is 26.8 Å². The molecule has 6 nitrogen and oxygen atoms in total. The number of rotatable bonds is 3. The first-order valence-electron chi connectivity index (χ1n) is 8.69. The summed E-state index contributed by atoms with van der Waals surface area (Å²) in [6, 6.07) is 10.6. The number of benzene rings is 1. The van der Waals surface area contributed by atoms with E-state index < -0.39 is 0 Å². The van der Waals surface area contributed by atoms with E-state index in [1.807, 2.05) is 24.5 Å². The van der Waals surface area contributed by atoms with Crippen molar-refractivity contribution < 1.29 is 4.74 Å². The van der Waals surface area contributed by atoms with Crippen LogP contribution in [0.5, 0.6) is 0 Å². The van der Waals surface area contributed by atoms with Gasteiger partial charge in [-0.05, 0) is 47.4 Å². The number of aromatic amines is 1. The Kier molecular flexibility index (Phi) is 3.95. The van der Waals surface area contributed by atoms with Crippen LogP contribution in [0.15, 0.2) is 48.2 Å². The number of hydrogen-bond acceptors (Lipinski definition) is 6. The first-order valence-corrected chi connectivity index (χ1v) is 9.57. The van der Waals surface area contributed by atoms with E-state index in [2.05, 4.69) is 38.4 Å². The molecule has 0 amide bonds. The van der Waals surface area contributed by atoms with Crippen molar-refractivity contribution in [3.63, 3.8) is 0 Å². The van der Waals surface area contributed by atoms with Gasteiger partial charge in [0, 0.05) is 29.2 Å². The summed E-state index contributed by atoms with van der Waals surface area (Å²) in [5, 5.41) is 8.83. The molecular formula is C20H17N5OS. The number of nitrogens with zero attached hydrogens (tertiary/aromatic N) is 3. The third-order valence-corrected chi connectivity index (χ3v) is 5.56. The maximum absolute atomic E-state index is 6.08. The number of aromatic nitrogens is 4. The molecule has 7 heteroatoms. The zero-order chi connectivity index (χ0) is 18.2. The minimum atomic E-state index is 0.464. The van der Waals surface area contributed by atoms with E-state index >= 15 is 0 Å². The normalized spacial score (nSPS) is 13.5. The van der Waals surface area contributed by atoms with Gasteiger partial charge in [0.05, 0.1) is 18.8 Å². The van der Waals surface area contributed by atoms with Gasteiger partial charge in [-0.2, -0.15) is 0 Å². The molecule has 0 saturated heterocycles. The van der Waals surface area contributed by atoms with Crippen LogP contribution in [0.25, 0.3) is 33.0 Å². The molecular weight excluding hydrogens is 358 g/mol. The van der Waals surface area contributed by atoms with Crippen LogP contribution in [0.4, 0.5) is 5.82 Å². The van der Waals surface area contributed by atoms with Gasteiger partial charge in [-0.3, -0.25) is 0 Å². The zero-order valence-electron chi connectivity index (χ0n) is 14.5. The summed E-state index contributed by atoms with van der Waals surface area (Å²) in [4.78, 5) is 7.72. The molecule has 0 unspecified atom stereocenters. The Morgan fingerprint density at radius 2 is 2.07 bits per heavy atom. The number of hydrogen-bond donors (Lipinski definition) is 2. The highest BCUT2D eigenvalue weighted by Gasteiger charge is 2.18. The molecule has 5 rings (SSSR count). The van der Waals surface area contributed by atoms with Crippen molar-refractivity contribution in [1.82, 2.24) is 20.2 Å². The van der Waals surface area contributed by atoms with Gasteiger partial charge in [-0.25, -0.2) is 4.98 Å². The summed E-state index contributed by atoms with van der Waals surface area (Å²) >= 11 is 1.45. The fraction of sp³-hybridized carbons (Fsp3) is 0.150. The first kappa shape index (κ1) is 16.2. The Labute approximate surface area is 160 Å². The number of nitrogen functional groups attached to an aromatic ring is 1. The van der Waals surface area contributed by atoms with Crippen LogP contribution in [-0.2, 0) is 17.8 Å². The highest BCUT2D eigenvalue weighted by atomic mass is 32.1. The van der Waals surface area contributed by atoms with E-state index in [1.165, 1.54) is 28.0 Å². The molecule has 0 saturated carbocycles. The lowest BCUT2D eigenvalue weighted by atomic mass is 9.91. The van der Waals surface area contributed by atoms with Crippen molar-refractivity contribution >= 4 is 17.2 Å². The fourth-order valence-electron chi connectivity index (χ4n) is 3.48. The average molecular weight is 375 g/mol. The van der Waals surface area contributed by atoms with Crippen LogP contribution in [0, 0.1) is 0 Å². The number of ether oxygens (including phenoxy) is 1.